The van der Waals surface area contributed by atoms with Crippen LogP contribution >= 0.6 is 11.3 Å². The van der Waals surface area contributed by atoms with Gasteiger partial charge >= 0.3 is 0 Å². The Morgan fingerprint density at radius 1 is 1.43 bits per heavy atom. The summed E-state index contributed by atoms with van der Waals surface area (Å²) in [6.45, 7) is 9.86. The minimum atomic E-state index is 0.119. The molecule has 1 aliphatic carbocycles. The van der Waals surface area contributed by atoms with Crippen LogP contribution in [0, 0.1) is 17.3 Å². The minimum absolute atomic E-state index is 0.119. The third-order valence-electron chi connectivity index (χ3n) is 4.95. The van der Waals surface area contributed by atoms with Crippen LogP contribution in [0.15, 0.2) is 6.07 Å². The SMILES string of the molecule is CC(C)(C)C1CCc2sc(C(=O)NCC3CNC3)cc2C1. The highest BCUT2D eigenvalue weighted by Gasteiger charge is 2.30. The molecule has 0 bridgehead atoms. The monoisotopic (exact) mass is 306 g/mol. The van der Waals surface area contributed by atoms with Crippen molar-refractivity contribution in [3.8, 4) is 0 Å². The first-order chi connectivity index (χ1) is 9.93. The largest absolute Gasteiger partial charge is 0.351 e. The maximum Gasteiger partial charge on any atom is 0.261 e. The van der Waals surface area contributed by atoms with E-state index in [1.165, 1.54) is 16.9 Å². The molecule has 1 amide bonds. The number of hydrogen-bond donors (Lipinski definition) is 2. The Hall–Kier alpha value is -0.870. The van der Waals surface area contributed by atoms with Crippen molar-refractivity contribution in [2.24, 2.45) is 17.3 Å². The molecular formula is C17H26N2OS. The smallest absolute Gasteiger partial charge is 0.261 e. The molecule has 3 nitrogen and oxygen atoms in total. The van der Waals surface area contributed by atoms with Gasteiger partial charge in [-0.15, -0.1) is 11.3 Å². The summed E-state index contributed by atoms with van der Waals surface area (Å²) in [5.41, 5.74) is 1.78. The van der Waals surface area contributed by atoms with Crippen LogP contribution in [0.3, 0.4) is 0 Å². The number of rotatable bonds is 3. The number of aryl methyl sites for hydroxylation is 1. The first-order valence-electron chi connectivity index (χ1n) is 8.04. The van der Waals surface area contributed by atoms with Crippen molar-refractivity contribution in [2.75, 3.05) is 19.6 Å². The number of amides is 1. The Labute approximate surface area is 131 Å². The first-order valence-corrected chi connectivity index (χ1v) is 8.85. The number of carbonyl (C=O) groups is 1. The fourth-order valence-electron chi connectivity index (χ4n) is 3.19. The Balaban J connectivity index is 1.64. The molecule has 3 rings (SSSR count). The van der Waals surface area contributed by atoms with Gasteiger partial charge in [-0.05, 0) is 42.2 Å². The molecule has 0 saturated carbocycles. The van der Waals surface area contributed by atoms with E-state index < -0.39 is 0 Å². The molecule has 1 aromatic rings. The number of carbonyl (C=O) groups excluding carboxylic acids is 1. The molecule has 21 heavy (non-hydrogen) atoms. The van der Waals surface area contributed by atoms with E-state index >= 15 is 0 Å². The Morgan fingerprint density at radius 2 is 2.19 bits per heavy atom. The van der Waals surface area contributed by atoms with Crippen LogP contribution < -0.4 is 10.6 Å². The summed E-state index contributed by atoms with van der Waals surface area (Å²) in [6, 6.07) is 2.15. The normalized spacial score (nSPS) is 22.5. The number of thiophene rings is 1. The predicted molar refractivity (Wildman–Crippen MR) is 88.0 cm³/mol. The van der Waals surface area contributed by atoms with Gasteiger partial charge in [-0.1, -0.05) is 20.8 Å². The predicted octanol–water partition coefficient (Wildman–Crippen LogP) is 2.85. The molecule has 1 aliphatic heterocycles. The van der Waals surface area contributed by atoms with Gasteiger partial charge in [0.2, 0.25) is 0 Å². The van der Waals surface area contributed by atoms with E-state index in [4.69, 9.17) is 0 Å². The average Bonchev–Trinajstić information content (AvgIpc) is 2.78. The van der Waals surface area contributed by atoms with E-state index in [-0.39, 0.29) is 5.91 Å². The second-order valence-electron chi connectivity index (χ2n) is 7.60. The molecule has 2 heterocycles. The van der Waals surface area contributed by atoms with E-state index in [0.717, 1.165) is 43.3 Å². The molecular weight excluding hydrogens is 280 g/mol. The van der Waals surface area contributed by atoms with Crippen LogP contribution in [-0.2, 0) is 12.8 Å². The van der Waals surface area contributed by atoms with Crippen LogP contribution in [0.25, 0.3) is 0 Å². The zero-order valence-electron chi connectivity index (χ0n) is 13.3. The fraction of sp³-hybridized carbons (Fsp3) is 0.706. The van der Waals surface area contributed by atoms with E-state index in [1.807, 2.05) is 0 Å². The van der Waals surface area contributed by atoms with Crippen LogP contribution in [0.2, 0.25) is 0 Å². The van der Waals surface area contributed by atoms with Gasteiger partial charge in [0, 0.05) is 30.4 Å². The lowest BCUT2D eigenvalue weighted by Crippen LogP contribution is -2.48. The summed E-state index contributed by atoms with van der Waals surface area (Å²) in [4.78, 5) is 14.6. The van der Waals surface area contributed by atoms with Crippen LogP contribution in [-0.4, -0.2) is 25.5 Å². The summed E-state index contributed by atoms with van der Waals surface area (Å²) >= 11 is 1.71. The highest BCUT2D eigenvalue weighted by Crippen LogP contribution is 2.40. The van der Waals surface area contributed by atoms with Crippen LogP contribution in [0.5, 0.6) is 0 Å². The quantitative estimate of drug-likeness (QED) is 0.901. The molecule has 1 saturated heterocycles. The third kappa shape index (κ3) is 3.32. The van der Waals surface area contributed by atoms with Gasteiger partial charge in [0.1, 0.15) is 0 Å². The molecule has 0 radical (unpaired) electrons. The molecule has 2 aliphatic rings. The Kier molecular flexibility index (Phi) is 4.10. The van der Waals surface area contributed by atoms with Crippen molar-refractivity contribution >= 4 is 17.2 Å². The van der Waals surface area contributed by atoms with Crippen LogP contribution in [0.1, 0.15) is 47.3 Å². The molecule has 2 N–H and O–H groups in total. The van der Waals surface area contributed by atoms with Gasteiger partial charge in [0.15, 0.2) is 0 Å². The van der Waals surface area contributed by atoms with Crippen molar-refractivity contribution in [3.63, 3.8) is 0 Å². The summed E-state index contributed by atoms with van der Waals surface area (Å²) in [6.07, 6.45) is 3.53. The molecule has 1 atom stereocenters. The second-order valence-corrected chi connectivity index (χ2v) is 8.74. The number of nitrogens with one attached hydrogen (secondary N) is 2. The lowest BCUT2D eigenvalue weighted by atomic mass is 9.72. The van der Waals surface area contributed by atoms with Gasteiger partial charge < -0.3 is 10.6 Å². The lowest BCUT2D eigenvalue weighted by Gasteiger charge is -2.33. The van der Waals surface area contributed by atoms with E-state index in [9.17, 15) is 4.79 Å². The summed E-state index contributed by atoms with van der Waals surface area (Å²) in [5.74, 6) is 1.47. The van der Waals surface area contributed by atoms with Crippen molar-refractivity contribution in [1.29, 1.82) is 0 Å². The average molecular weight is 306 g/mol. The highest BCUT2D eigenvalue weighted by atomic mass is 32.1. The van der Waals surface area contributed by atoms with Crippen molar-refractivity contribution in [1.82, 2.24) is 10.6 Å². The summed E-state index contributed by atoms with van der Waals surface area (Å²) in [7, 11) is 0. The number of hydrogen-bond acceptors (Lipinski definition) is 3. The standard InChI is InChI=1S/C17H26N2OS/c1-17(2,3)13-4-5-14-12(6-13)7-15(21-14)16(20)19-10-11-8-18-9-11/h7,11,13,18H,4-6,8-10H2,1-3H3,(H,19,20). The maximum absolute atomic E-state index is 12.3. The Bertz CT molecular complexity index is 525. The van der Waals surface area contributed by atoms with E-state index in [2.05, 4.69) is 37.5 Å². The summed E-state index contributed by atoms with van der Waals surface area (Å²) < 4.78 is 0. The van der Waals surface area contributed by atoms with Crippen LogP contribution in [0.4, 0.5) is 0 Å². The molecule has 1 fully saturated rings. The maximum atomic E-state index is 12.3. The van der Waals surface area contributed by atoms with Gasteiger partial charge in [0.05, 0.1) is 4.88 Å². The van der Waals surface area contributed by atoms with Crippen molar-refractivity contribution < 1.29 is 4.79 Å². The molecule has 4 heteroatoms. The number of fused-ring (bicyclic) bond motifs is 1. The van der Waals surface area contributed by atoms with E-state index in [0.29, 0.717) is 11.3 Å². The molecule has 116 valence electrons. The molecule has 1 aromatic heterocycles. The third-order valence-corrected chi connectivity index (χ3v) is 6.18. The van der Waals surface area contributed by atoms with Gasteiger partial charge in [-0.2, -0.15) is 0 Å². The van der Waals surface area contributed by atoms with E-state index in [1.54, 1.807) is 11.3 Å². The lowest BCUT2D eigenvalue weighted by molar-refractivity contribution is 0.0946. The second kappa shape index (κ2) is 5.73. The zero-order valence-corrected chi connectivity index (χ0v) is 14.1. The fourth-order valence-corrected chi connectivity index (χ4v) is 4.32. The minimum Gasteiger partial charge on any atom is -0.351 e. The van der Waals surface area contributed by atoms with Gasteiger partial charge in [0.25, 0.3) is 5.91 Å². The first kappa shape index (κ1) is 15.0. The molecule has 0 spiro atoms. The van der Waals surface area contributed by atoms with Crippen molar-refractivity contribution in [2.45, 2.75) is 40.0 Å². The van der Waals surface area contributed by atoms with Gasteiger partial charge in [-0.25, -0.2) is 0 Å². The van der Waals surface area contributed by atoms with Crippen molar-refractivity contribution in [3.05, 3.63) is 21.4 Å². The molecule has 1 unspecified atom stereocenters. The Morgan fingerprint density at radius 3 is 2.81 bits per heavy atom. The zero-order chi connectivity index (χ0) is 15.0. The highest BCUT2D eigenvalue weighted by molar-refractivity contribution is 7.14. The summed E-state index contributed by atoms with van der Waals surface area (Å²) in [5, 5.41) is 6.32. The topological polar surface area (TPSA) is 41.1 Å². The molecule has 0 aromatic carbocycles. The van der Waals surface area contributed by atoms with Gasteiger partial charge in [-0.3, -0.25) is 4.79 Å².